The third-order valence-corrected chi connectivity index (χ3v) is 7.45. The lowest BCUT2D eigenvalue weighted by Crippen LogP contribution is -2.43. The van der Waals surface area contributed by atoms with Crippen LogP contribution in [0.5, 0.6) is 0 Å². The quantitative estimate of drug-likeness (QED) is 0.778. The van der Waals surface area contributed by atoms with Gasteiger partial charge in [-0.1, -0.05) is 30.5 Å². The van der Waals surface area contributed by atoms with Gasteiger partial charge in [0.05, 0.1) is 23.8 Å². The van der Waals surface area contributed by atoms with E-state index >= 15 is 0 Å². The molecular formula is C26H32N4O3. The molecule has 2 aromatic rings. The number of nitrogens with zero attached hydrogens (tertiary/aromatic N) is 3. The minimum absolute atomic E-state index is 0.0166. The summed E-state index contributed by atoms with van der Waals surface area (Å²) in [6.07, 6.45) is 7.46. The van der Waals surface area contributed by atoms with Crippen LogP contribution in [0.15, 0.2) is 29.1 Å². The molecular weight excluding hydrogens is 416 g/mol. The molecule has 1 N–H and O–H groups in total. The second kappa shape index (κ2) is 9.12. The maximum Gasteiger partial charge on any atom is 0.256 e. The molecule has 7 nitrogen and oxygen atoms in total. The molecule has 0 spiro atoms. The first kappa shape index (κ1) is 21.9. The highest BCUT2D eigenvalue weighted by Crippen LogP contribution is 2.32. The molecule has 1 aromatic carbocycles. The molecule has 0 radical (unpaired) electrons. The average Bonchev–Trinajstić information content (AvgIpc) is 3.38. The number of aryl methyl sites for hydroxylation is 1. The van der Waals surface area contributed by atoms with E-state index in [1.54, 1.807) is 0 Å². The van der Waals surface area contributed by atoms with Crippen LogP contribution in [0, 0.1) is 12.8 Å². The molecule has 0 unspecified atom stereocenters. The molecule has 1 atom stereocenters. The number of H-pyrrole nitrogens is 1. The average molecular weight is 449 g/mol. The number of hydrogen-bond acceptors (Lipinski definition) is 4. The van der Waals surface area contributed by atoms with Crippen LogP contribution >= 0.6 is 0 Å². The van der Waals surface area contributed by atoms with Crippen molar-refractivity contribution in [2.75, 3.05) is 13.1 Å². The van der Waals surface area contributed by atoms with E-state index in [-0.39, 0.29) is 29.3 Å². The van der Waals surface area contributed by atoms with Crippen LogP contribution in [0.1, 0.15) is 84.0 Å². The fraction of sp³-hybridized carbons (Fsp3) is 0.538. The van der Waals surface area contributed by atoms with E-state index in [0.717, 1.165) is 56.2 Å². The summed E-state index contributed by atoms with van der Waals surface area (Å²) in [5.41, 5.74) is 2.92. The number of rotatable bonds is 3. The smallest absolute Gasteiger partial charge is 0.256 e. The van der Waals surface area contributed by atoms with E-state index in [4.69, 9.17) is 4.98 Å². The number of benzene rings is 1. The number of piperidine rings is 1. The molecule has 1 aliphatic carbocycles. The van der Waals surface area contributed by atoms with Gasteiger partial charge in [0, 0.05) is 31.0 Å². The van der Waals surface area contributed by atoms with Crippen molar-refractivity contribution in [2.24, 2.45) is 5.92 Å². The third-order valence-electron chi connectivity index (χ3n) is 7.45. The van der Waals surface area contributed by atoms with Crippen molar-refractivity contribution >= 4 is 11.8 Å². The molecule has 2 fully saturated rings. The molecule has 0 bridgehead atoms. The molecule has 1 aromatic heterocycles. The first-order valence-corrected chi connectivity index (χ1v) is 12.3. The van der Waals surface area contributed by atoms with E-state index in [0.29, 0.717) is 43.0 Å². The molecule has 1 saturated carbocycles. The predicted octanol–water partition coefficient (Wildman–Crippen LogP) is 3.52. The predicted molar refractivity (Wildman–Crippen MR) is 125 cm³/mol. The van der Waals surface area contributed by atoms with Gasteiger partial charge in [-0.25, -0.2) is 4.98 Å². The zero-order valence-electron chi connectivity index (χ0n) is 19.3. The Morgan fingerprint density at radius 3 is 2.64 bits per heavy atom. The Kier molecular flexibility index (Phi) is 6.04. The number of nitrogens with one attached hydrogen (secondary N) is 1. The summed E-state index contributed by atoms with van der Waals surface area (Å²) in [5, 5.41) is 0. The van der Waals surface area contributed by atoms with Gasteiger partial charge in [-0.15, -0.1) is 0 Å². The Hall–Kier alpha value is -2.96. The van der Waals surface area contributed by atoms with Gasteiger partial charge in [-0.2, -0.15) is 0 Å². The summed E-state index contributed by atoms with van der Waals surface area (Å²) < 4.78 is 0. The minimum Gasteiger partial charge on any atom is -0.337 e. The second-order valence-electron chi connectivity index (χ2n) is 9.75. The number of aromatic nitrogens is 2. The van der Waals surface area contributed by atoms with Gasteiger partial charge in [0.2, 0.25) is 5.91 Å². The lowest BCUT2D eigenvalue weighted by atomic mass is 9.98. The number of amides is 2. The Morgan fingerprint density at radius 1 is 1.06 bits per heavy atom. The van der Waals surface area contributed by atoms with Gasteiger partial charge in [0.25, 0.3) is 11.5 Å². The van der Waals surface area contributed by atoms with Crippen LogP contribution in [0.25, 0.3) is 0 Å². The highest BCUT2D eigenvalue weighted by Gasteiger charge is 2.34. The first-order valence-electron chi connectivity index (χ1n) is 12.3. The number of carbonyl (C=O) groups is 2. The summed E-state index contributed by atoms with van der Waals surface area (Å²) in [4.78, 5) is 50.8. The molecule has 2 amide bonds. The van der Waals surface area contributed by atoms with Crippen molar-refractivity contribution in [1.29, 1.82) is 0 Å². The standard InChI is InChI=1S/C26H32N4O3/c1-17-7-6-10-19(15-17)26(33)30-13-5-4-11-22(30)23-27-21-12-14-29(16-20(21)24(31)28-23)25(32)18-8-2-3-9-18/h6-7,10,15,18,22H,2-5,8-9,11-14,16H2,1H3,(H,27,28,31)/t22-/m0/s1. The molecule has 7 heteroatoms. The lowest BCUT2D eigenvalue weighted by molar-refractivity contribution is -0.136. The van der Waals surface area contributed by atoms with E-state index in [1.165, 1.54) is 0 Å². The van der Waals surface area contributed by atoms with Crippen LogP contribution in [-0.4, -0.2) is 44.7 Å². The highest BCUT2D eigenvalue weighted by molar-refractivity contribution is 5.94. The number of fused-ring (bicyclic) bond motifs is 1. The molecule has 3 heterocycles. The number of likely N-dealkylation sites (tertiary alicyclic amines) is 1. The third kappa shape index (κ3) is 4.33. The summed E-state index contributed by atoms with van der Waals surface area (Å²) in [7, 11) is 0. The van der Waals surface area contributed by atoms with Crippen molar-refractivity contribution in [3.05, 3.63) is 62.8 Å². The van der Waals surface area contributed by atoms with Crippen molar-refractivity contribution in [1.82, 2.24) is 19.8 Å². The van der Waals surface area contributed by atoms with E-state index in [2.05, 4.69) is 4.98 Å². The van der Waals surface area contributed by atoms with Gasteiger partial charge >= 0.3 is 0 Å². The van der Waals surface area contributed by atoms with Crippen molar-refractivity contribution in [3.8, 4) is 0 Å². The molecule has 174 valence electrons. The Labute approximate surface area is 194 Å². The molecule has 1 saturated heterocycles. The first-order chi connectivity index (χ1) is 16.0. The second-order valence-corrected chi connectivity index (χ2v) is 9.75. The monoisotopic (exact) mass is 448 g/mol. The van der Waals surface area contributed by atoms with Gasteiger partial charge in [-0.3, -0.25) is 14.4 Å². The van der Waals surface area contributed by atoms with Crippen molar-refractivity contribution < 1.29 is 9.59 Å². The Balaban J connectivity index is 1.39. The fourth-order valence-corrected chi connectivity index (χ4v) is 5.62. The minimum atomic E-state index is -0.233. The largest absolute Gasteiger partial charge is 0.337 e. The number of aromatic amines is 1. The van der Waals surface area contributed by atoms with Gasteiger partial charge in [0.15, 0.2) is 0 Å². The summed E-state index contributed by atoms with van der Waals surface area (Å²) in [6.45, 7) is 3.58. The Bertz CT molecular complexity index is 1120. The zero-order chi connectivity index (χ0) is 22.9. The van der Waals surface area contributed by atoms with Crippen LogP contribution in [-0.2, 0) is 17.8 Å². The van der Waals surface area contributed by atoms with Gasteiger partial charge in [-0.05, 0) is 51.2 Å². The molecule has 2 aliphatic heterocycles. The summed E-state index contributed by atoms with van der Waals surface area (Å²) in [6, 6.07) is 7.41. The van der Waals surface area contributed by atoms with Gasteiger partial charge < -0.3 is 14.8 Å². The maximum atomic E-state index is 13.3. The highest BCUT2D eigenvalue weighted by atomic mass is 16.2. The number of carbonyl (C=O) groups excluding carboxylic acids is 2. The molecule has 3 aliphatic rings. The summed E-state index contributed by atoms with van der Waals surface area (Å²) >= 11 is 0. The normalized spacial score (nSPS) is 21.2. The lowest BCUT2D eigenvalue weighted by Gasteiger charge is -2.36. The summed E-state index contributed by atoms with van der Waals surface area (Å²) in [5.74, 6) is 0.859. The van der Waals surface area contributed by atoms with E-state index in [9.17, 15) is 14.4 Å². The topological polar surface area (TPSA) is 86.4 Å². The fourth-order valence-electron chi connectivity index (χ4n) is 5.62. The van der Waals surface area contributed by atoms with Crippen LogP contribution in [0.3, 0.4) is 0 Å². The molecule has 5 rings (SSSR count). The SMILES string of the molecule is Cc1cccc(C(=O)N2CCCC[C@H]2c2nc3c(c(=O)[nH]2)CN(C(=O)C2CCCC2)CC3)c1. The van der Waals surface area contributed by atoms with Crippen LogP contribution in [0.2, 0.25) is 0 Å². The zero-order valence-corrected chi connectivity index (χ0v) is 19.3. The van der Waals surface area contributed by atoms with E-state index < -0.39 is 0 Å². The maximum absolute atomic E-state index is 13.3. The number of hydrogen-bond donors (Lipinski definition) is 1. The van der Waals surface area contributed by atoms with Crippen LogP contribution in [0.4, 0.5) is 0 Å². The van der Waals surface area contributed by atoms with Crippen LogP contribution < -0.4 is 5.56 Å². The Morgan fingerprint density at radius 2 is 1.85 bits per heavy atom. The van der Waals surface area contributed by atoms with E-state index in [1.807, 2.05) is 41.0 Å². The van der Waals surface area contributed by atoms with Crippen molar-refractivity contribution in [2.45, 2.75) is 70.9 Å². The van der Waals surface area contributed by atoms with Crippen molar-refractivity contribution in [3.63, 3.8) is 0 Å². The van der Waals surface area contributed by atoms with Gasteiger partial charge in [0.1, 0.15) is 5.82 Å². The molecule has 33 heavy (non-hydrogen) atoms.